The number of thioether (sulfide) groups is 1. The van der Waals surface area contributed by atoms with Crippen LogP contribution in [0.2, 0.25) is 0 Å². The summed E-state index contributed by atoms with van der Waals surface area (Å²) < 4.78 is 5.50. The van der Waals surface area contributed by atoms with Gasteiger partial charge in [0, 0.05) is 24.7 Å². The minimum absolute atomic E-state index is 0.536. The van der Waals surface area contributed by atoms with E-state index in [-0.39, 0.29) is 0 Å². The highest BCUT2D eigenvalue weighted by Gasteiger charge is 2.21. The van der Waals surface area contributed by atoms with Crippen LogP contribution in [0.15, 0.2) is 0 Å². The van der Waals surface area contributed by atoms with Gasteiger partial charge in [0.25, 0.3) is 0 Å². The first-order chi connectivity index (χ1) is 8.15. The van der Waals surface area contributed by atoms with Crippen molar-refractivity contribution in [2.24, 2.45) is 0 Å². The number of ether oxygens (including phenoxy) is 1. The number of nitrogens with zero attached hydrogens (tertiary/aromatic N) is 1. The summed E-state index contributed by atoms with van der Waals surface area (Å²) in [5.41, 5.74) is 0. The molecule has 1 N–H and O–H groups in total. The molecule has 0 aromatic carbocycles. The van der Waals surface area contributed by atoms with Gasteiger partial charge in [0.05, 0.1) is 13.2 Å². The zero-order valence-electron chi connectivity index (χ0n) is 11.7. The van der Waals surface area contributed by atoms with Crippen molar-refractivity contribution < 1.29 is 4.74 Å². The molecule has 0 aliphatic carbocycles. The van der Waals surface area contributed by atoms with Crippen molar-refractivity contribution in [3.8, 4) is 0 Å². The largest absolute Gasteiger partial charge is 0.379 e. The van der Waals surface area contributed by atoms with E-state index in [0.717, 1.165) is 19.8 Å². The molecule has 3 nitrogen and oxygen atoms in total. The molecular formula is C13H28N2OS. The van der Waals surface area contributed by atoms with Crippen LogP contribution in [0.25, 0.3) is 0 Å². The molecule has 1 rings (SSSR count). The van der Waals surface area contributed by atoms with Crippen LogP contribution in [-0.4, -0.2) is 61.8 Å². The number of nitrogens with one attached hydrogen (secondary N) is 1. The molecule has 17 heavy (non-hydrogen) atoms. The van der Waals surface area contributed by atoms with Crippen molar-refractivity contribution in [1.29, 1.82) is 0 Å². The molecule has 4 heteroatoms. The van der Waals surface area contributed by atoms with Crippen molar-refractivity contribution in [1.82, 2.24) is 10.2 Å². The Morgan fingerprint density at radius 3 is 2.76 bits per heavy atom. The van der Waals surface area contributed by atoms with Crippen molar-refractivity contribution in [3.63, 3.8) is 0 Å². The van der Waals surface area contributed by atoms with E-state index in [4.69, 9.17) is 4.74 Å². The van der Waals surface area contributed by atoms with E-state index in [1.54, 1.807) is 0 Å². The Balaban J connectivity index is 2.26. The molecule has 0 aromatic heterocycles. The molecule has 102 valence electrons. The van der Waals surface area contributed by atoms with Crippen molar-refractivity contribution in [2.45, 2.75) is 44.8 Å². The molecule has 0 bridgehead atoms. The molecule has 0 saturated carbocycles. The maximum Gasteiger partial charge on any atom is 0.0620 e. The van der Waals surface area contributed by atoms with E-state index in [1.807, 2.05) is 11.8 Å². The monoisotopic (exact) mass is 260 g/mol. The summed E-state index contributed by atoms with van der Waals surface area (Å²) in [6, 6.07) is 1.82. The molecule has 1 aliphatic heterocycles. The highest BCUT2D eigenvalue weighted by atomic mass is 32.2. The van der Waals surface area contributed by atoms with Crippen LogP contribution in [0.1, 0.15) is 26.7 Å². The zero-order chi connectivity index (χ0) is 12.7. The van der Waals surface area contributed by atoms with Crippen LogP contribution in [0.5, 0.6) is 0 Å². The highest BCUT2D eigenvalue weighted by Crippen LogP contribution is 2.13. The first-order valence-electron chi connectivity index (χ1n) is 6.67. The maximum atomic E-state index is 5.50. The Kier molecular flexibility index (Phi) is 7.51. The summed E-state index contributed by atoms with van der Waals surface area (Å²) in [5.74, 6) is 1.25. The summed E-state index contributed by atoms with van der Waals surface area (Å²) in [4.78, 5) is 2.51. The Bertz CT molecular complexity index is 198. The van der Waals surface area contributed by atoms with Crippen LogP contribution >= 0.6 is 11.8 Å². The quantitative estimate of drug-likeness (QED) is 0.755. The molecule has 0 radical (unpaired) electrons. The fourth-order valence-corrected chi connectivity index (χ4v) is 2.85. The SMILES string of the molecule is CSCCC(C)N(C)C(C)CC1COCCN1. The van der Waals surface area contributed by atoms with Gasteiger partial charge in [0.1, 0.15) is 0 Å². The average Bonchev–Trinajstić information content (AvgIpc) is 2.36. The third kappa shape index (κ3) is 5.60. The van der Waals surface area contributed by atoms with Gasteiger partial charge in [-0.2, -0.15) is 11.8 Å². The molecule has 1 saturated heterocycles. The minimum atomic E-state index is 0.536. The van der Waals surface area contributed by atoms with Gasteiger partial charge in [-0.3, -0.25) is 0 Å². The van der Waals surface area contributed by atoms with E-state index < -0.39 is 0 Å². The minimum Gasteiger partial charge on any atom is -0.379 e. The number of hydrogen-bond donors (Lipinski definition) is 1. The molecule has 0 spiro atoms. The number of morpholine rings is 1. The lowest BCUT2D eigenvalue weighted by atomic mass is 10.1. The number of rotatable bonds is 7. The van der Waals surface area contributed by atoms with Crippen LogP contribution in [0.4, 0.5) is 0 Å². The van der Waals surface area contributed by atoms with Crippen LogP contribution in [0, 0.1) is 0 Å². The lowest BCUT2D eigenvalue weighted by Crippen LogP contribution is -2.46. The smallest absolute Gasteiger partial charge is 0.0620 e. The van der Waals surface area contributed by atoms with Gasteiger partial charge < -0.3 is 15.0 Å². The van der Waals surface area contributed by atoms with Crippen LogP contribution in [0.3, 0.4) is 0 Å². The molecule has 0 aromatic rings. The molecule has 1 fully saturated rings. The van der Waals surface area contributed by atoms with Gasteiger partial charge in [0.15, 0.2) is 0 Å². The van der Waals surface area contributed by atoms with Gasteiger partial charge in [-0.15, -0.1) is 0 Å². The van der Waals surface area contributed by atoms with E-state index in [1.165, 1.54) is 18.6 Å². The molecule has 3 unspecified atom stereocenters. The summed E-state index contributed by atoms with van der Waals surface area (Å²) in [7, 11) is 2.25. The van der Waals surface area contributed by atoms with Gasteiger partial charge in [0.2, 0.25) is 0 Å². The molecule has 0 amide bonds. The van der Waals surface area contributed by atoms with Crippen molar-refractivity contribution in [3.05, 3.63) is 0 Å². The predicted molar refractivity (Wildman–Crippen MR) is 76.9 cm³/mol. The second kappa shape index (κ2) is 8.35. The topological polar surface area (TPSA) is 24.5 Å². The first kappa shape index (κ1) is 15.3. The Morgan fingerprint density at radius 2 is 2.18 bits per heavy atom. The Morgan fingerprint density at radius 1 is 1.41 bits per heavy atom. The van der Waals surface area contributed by atoms with Crippen LogP contribution in [-0.2, 0) is 4.74 Å². The second-order valence-corrected chi connectivity index (χ2v) is 6.09. The molecule has 1 heterocycles. The van der Waals surface area contributed by atoms with Crippen molar-refractivity contribution in [2.75, 3.05) is 38.8 Å². The maximum absolute atomic E-state index is 5.50. The standard InChI is InChI=1S/C13H28N2OS/c1-11(5-8-17-4)15(3)12(2)9-13-10-16-7-6-14-13/h11-14H,5-10H2,1-4H3. The third-order valence-electron chi connectivity index (χ3n) is 3.75. The average molecular weight is 260 g/mol. The predicted octanol–water partition coefficient (Wildman–Crippen LogP) is 1.83. The molecule has 3 atom stereocenters. The normalized spacial score (nSPS) is 24.9. The lowest BCUT2D eigenvalue weighted by molar-refractivity contribution is 0.0607. The van der Waals surface area contributed by atoms with E-state index in [2.05, 4.69) is 37.4 Å². The van der Waals surface area contributed by atoms with Gasteiger partial charge >= 0.3 is 0 Å². The number of hydrogen-bond acceptors (Lipinski definition) is 4. The lowest BCUT2D eigenvalue weighted by Gasteiger charge is -2.34. The first-order valence-corrected chi connectivity index (χ1v) is 8.06. The van der Waals surface area contributed by atoms with Gasteiger partial charge in [-0.05, 0) is 45.7 Å². The van der Waals surface area contributed by atoms with Gasteiger partial charge in [-0.25, -0.2) is 0 Å². The Hall–Kier alpha value is 0.230. The molecule has 1 aliphatic rings. The van der Waals surface area contributed by atoms with Crippen LogP contribution < -0.4 is 5.32 Å². The summed E-state index contributed by atoms with van der Waals surface area (Å²) in [5, 5.41) is 3.53. The van der Waals surface area contributed by atoms with E-state index >= 15 is 0 Å². The third-order valence-corrected chi connectivity index (χ3v) is 4.40. The second-order valence-electron chi connectivity index (χ2n) is 5.11. The van der Waals surface area contributed by atoms with E-state index in [0.29, 0.717) is 18.1 Å². The summed E-state index contributed by atoms with van der Waals surface area (Å²) in [6.07, 6.45) is 4.64. The van der Waals surface area contributed by atoms with Gasteiger partial charge in [-0.1, -0.05) is 0 Å². The summed E-state index contributed by atoms with van der Waals surface area (Å²) in [6.45, 7) is 7.40. The fourth-order valence-electron chi connectivity index (χ4n) is 2.28. The Labute approximate surface area is 111 Å². The highest BCUT2D eigenvalue weighted by molar-refractivity contribution is 7.98. The molecular weight excluding hydrogens is 232 g/mol. The summed E-state index contributed by atoms with van der Waals surface area (Å²) >= 11 is 1.94. The van der Waals surface area contributed by atoms with Crippen molar-refractivity contribution >= 4 is 11.8 Å². The zero-order valence-corrected chi connectivity index (χ0v) is 12.6. The fraction of sp³-hybridized carbons (Fsp3) is 1.00. The van der Waals surface area contributed by atoms with E-state index in [9.17, 15) is 0 Å².